The molecule has 0 heterocycles. The number of carbonyl (C=O) groups is 1. The highest BCUT2D eigenvalue weighted by Crippen LogP contribution is 2.27. The van der Waals surface area contributed by atoms with E-state index in [-0.39, 0.29) is 0 Å². The second-order valence-electron chi connectivity index (χ2n) is 3.90. The largest absolute Gasteiger partial charge is 0.481 e. The highest BCUT2D eigenvalue weighted by atomic mass is 16.4. The van der Waals surface area contributed by atoms with Gasteiger partial charge in [0.15, 0.2) is 0 Å². The Bertz CT molecular complexity index is 122. The van der Waals surface area contributed by atoms with Gasteiger partial charge in [0, 0.05) is 14.0 Å². The van der Waals surface area contributed by atoms with Crippen molar-refractivity contribution in [3.05, 3.63) is 0 Å². The Morgan fingerprint density at radius 1 is 1.14 bits per heavy atom. The lowest BCUT2D eigenvalue weighted by atomic mass is 9.84. The van der Waals surface area contributed by atoms with Crippen LogP contribution < -0.4 is 0 Å². The van der Waals surface area contributed by atoms with Gasteiger partial charge in [0.2, 0.25) is 0 Å². The number of hydrogen-bond donors (Lipinski definition) is 2. The predicted octanol–water partition coefficient (Wildman–Crippen LogP) is 2.53. The van der Waals surface area contributed by atoms with Gasteiger partial charge in [0.25, 0.3) is 5.97 Å². The van der Waals surface area contributed by atoms with Crippen LogP contribution in [0.25, 0.3) is 0 Å². The Hall–Kier alpha value is -0.570. The summed E-state index contributed by atoms with van der Waals surface area (Å²) in [5.74, 6) is 1.19. The number of aliphatic carboxylic acids is 1. The van der Waals surface area contributed by atoms with Gasteiger partial charge in [-0.3, -0.25) is 4.79 Å². The maximum atomic E-state index is 9.00. The van der Waals surface area contributed by atoms with E-state index in [1.165, 1.54) is 25.7 Å². The van der Waals surface area contributed by atoms with E-state index < -0.39 is 5.97 Å². The fraction of sp³-hybridized carbons (Fsp3) is 0.909. The number of aliphatic hydroxyl groups is 1. The molecule has 0 saturated heterocycles. The molecule has 0 radical (unpaired) electrons. The summed E-state index contributed by atoms with van der Waals surface area (Å²) in [6, 6.07) is 0. The fourth-order valence-corrected chi connectivity index (χ4v) is 1.74. The van der Waals surface area contributed by atoms with Crippen LogP contribution in [0.2, 0.25) is 0 Å². The van der Waals surface area contributed by atoms with E-state index in [2.05, 4.69) is 13.8 Å². The topological polar surface area (TPSA) is 57.5 Å². The molecule has 0 aromatic heterocycles. The third kappa shape index (κ3) is 14.0. The standard InChI is InChI=1S/C8H16.C2H4O2.CH4O/c1-7-4-3-5-8(2)6-7;1-2(3)4;1-2/h7-8H,3-6H2,1-2H3;1H3,(H,3,4);2H,1H3. The van der Waals surface area contributed by atoms with Gasteiger partial charge in [-0.25, -0.2) is 0 Å². The van der Waals surface area contributed by atoms with Crippen molar-refractivity contribution in [1.82, 2.24) is 0 Å². The van der Waals surface area contributed by atoms with Crippen LogP contribution in [0.1, 0.15) is 46.5 Å². The summed E-state index contributed by atoms with van der Waals surface area (Å²) in [5.41, 5.74) is 0. The van der Waals surface area contributed by atoms with Gasteiger partial charge in [-0.05, 0) is 18.3 Å². The van der Waals surface area contributed by atoms with Crippen molar-refractivity contribution in [3.8, 4) is 0 Å². The SMILES string of the molecule is CC(=O)O.CC1CCCC(C)C1.CO. The van der Waals surface area contributed by atoms with E-state index in [9.17, 15) is 0 Å². The van der Waals surface area contributed by atoms with Gasteiger partial charge in [0.1, 0.15) is 0 Å². The Labute approximate surface area is 87.1 Å². The molecule has 2 unspecified atom stereocenters. The molecule has 1 aliphatic rings. The lowest BCUT2D eigenvalue weighted by Crippen LogP contribution is -2.09. The molecule has 0 aromatic carbocycles. The van der Waals surface area contributed by atoms with Gasteiger partial charge >= 0.3 is 0 Å². The van der Waals surface area contributed by atoms with Gasteiger partial charge in [-0.15, -0.1) is 0 Å². The molecule has 14 heavy (non-hydrogen) atoms. The molecular weight excluding hydrogens is 180 g/mol. The quantitative estimate of drug-likeness (QED) is 0.637. The zero-order valence-corrected chi connectivity index (χ0v) is 9.79. The van der Waals surface area contributed by atoms with Crippen molar-refractivity contribution in [2.75, 3.05) is 7.11 Å². The number of carboxylic acids is 1. The minimum Gasteiger partial charge on any atom is -0.481 e. The first-order valence-electron chi connectivity index (χ1n) is 5.16. The summed E-state index contributed by atoms with van der Waals surface area (Å²) in [5, 5.41) is 14.4. The first-order chi connectivity index (χ1) is 6.52. The average Bonchev–Trinajstić information content (AvgIpc) is 2.06. The van der Waals surface area contributed by atoms with Crippen LogP contribution in [-0.2, 0) is 4.79 Å². The molecule has 0 amide bonds. The van der Waals surface area contributed by atoms with Crippen molar-refractivity contribution in [2.24, 2.45) is 11.8 Å². The first kappa shape index (κ1) is 15.9. The number of hydrogen-bond acceptors (Lipinski definition) is 2. The lowest BCUT2D eigenvalue weighted by Gasteiger charge is -2.22. The normalized spacial score (nSPS) is 24.9. The van der Waals surface area contributed by atoms with Crippen molar-refractivity contribution in [3.63, 3.8) is 0 Å². The average molecular weight is 204 g/mol. The molecule has 1 aliphatic carbocycles. The summed E-state index contributed by atoms with van der Waals surface area (Å²) >= 11 is 0. The molecule has 0 aromatic rings. The smallest absolute Gasteiger partial charge is 0.300 e. The van der Waals surface area contributed by atoms with Crippen molar-refractivity contribution >= 4 is 5.97 Å². The molecule has 3 heteroatoms. The van der Waals surface area contributed by atoms with Gasteiger partial charge < -0.3 is 10.2 Å². The Morgan fingerprint density at radius 3 is 1.57 bits per heavy atom. The molecule has 2 N–H and O–H groups in total. The second kappa shape index (κ2) is 10.5. The molecular formula is C11H24O3. The van der Waals surface area contributed by atoms with Crippen LogP contribution in [0, 0.1) is 11.8 Å². The third-order valence-electron chi connectivity index (χ3n) is 2.20. The second-order valence-corrected chi connectivity index (χ2v) is 3.90. The summed E-state index contributed by atoms with van der Waals surface area (Å²) < 4.78 is 0. The molecule has 3 nitrogen and oxygen atoms in total. The molecule has 0 spiro atoms. The zero-order chi connectivity index (χ0) is 11.6. The molecule has 1 rings (SSSR count). The minimum atomic E-state index is -0.833. The molecule has 2 atom stereocenters. The highest BCUT2D eigenvalue weighted by molar-refractivity contribution is 5.62. The summed E-state index contributed by atoms with van der Waals surface area (Å²) in [4.78, 5) is 9.00. The van der Waals surface area contributed by atoms with Crippen molar-refractivity contribution < 1.29 is 15.0 Å². The number of carboxylic acid groups (broad SMARTS) is 1. The molecule has 0 bridgehead atoms. The number of rotatable bonds is 0. The van der Waals surface area contributed by atoms with Crippen LogP contribution in [0.5, 0.6) is 0 Å². The highest BCUT2D eigenvalue weighted by Gasteiger charge is 2.13. The molecule has 1 fully saturated rings. The fourth-order valence-electron chi connectivity index (χ4n) is 1.74. The predicted molar refractivity (Wildman–Crippen MR) is 58.2 cm³/mol. The minimum absolute atomic E-state index is 0.833. The van der Waals surface area contributed by atoms with Crippen LogP contribution in [0.15, 0.2) is 0 Å². The van der Waals surface area contributed by atoms with E-state index in [1.807, 2.05) is 0 Å². The Kier molecular flexibility index (Phi) is 11.9. The molecule has 1 saturated carbocycles. The van der Waals surface area contributed by atoms with E-state index in [0.717, 1.165) is 25.9 Å². The monoisotopic (exact) mass is 204 g/mol. The summed E-state index contributed by atoms with van der Waals surface area (Å²) in [6.07, 6.45) is 5.90. The van der Waals surface area contributed by atoms with Crippen LogP contribution in [0.4, 0.5) is 0 Å². The third-order valence-corrected chi connectivity index (χ3v) is 2.20. The maximum absolute atomic E-state index is 9.00. The van der Waals surface area contributed by atoms with E-state index in [0.29, 0.717) is 0 Å². The zero-order valence-electron chi connectivity index (χ0n) is 9.79. The summed E-state index contributed by atoms with van der Waals surface area (Å²) in [6.45, 7) is 5.82. The Balaban J connectivity index is 0. The van der Waals surface area contributed by atoms with Crippen LogP contribution >= 0.6 is 0 Å². The Morgan fingerprint density at radius 2 is 1.43 bits per heavy atom. The first-order valence-corrected chi connectivity index (χ1v) is 5.16. The molecule has 86 valence electrons. The maximum Gasteiger partial charge on any atom is 0.300 e. The lowest BCUT2D eigenvalue weighted by molar-refractivity contribution is -0.134. The van der Waals surface area contributed by atoms with E-state index in [1.54, 1.807) is 0 Å². The van der Waals surface area contributed by atoms with Crippen molar-refractivity contribution in [1.29, 1.82) is 0 Å². The van der Waals surface area contributed by atoms with Crippen LogP contribution in [0.3, 0.4) is 0 Å². The van der Waals surface area contributed by atoms with Crippen molar-refractivity contribution in [2.45, 2.75) is 46.5 Å². The number of aliphatic hydroxyl groups excluding tert-OH is 1. The van der Waals surface area contributed by atoms with Gasteiger partial charge in [-0.1, -0.05) is 33.1 Å². The van der Waals surface area contributed by atoms with Gasteiger partial charge in [-0.2, -0.15) is 0 Å². The van der Waals surface area contributed by atoms with Gasteiger partial charge in [0.05, 0.1) is 0 Å². The van der Waals surface area contributed by atoms with E-state index in [4.69, 9.17) is 15.0 Å². The van der Waals surface area contributed by atoms with E-state index >= 15 is 0 Å². The molecule has 0 aliphatic heterocycles. The summed E-state index contributed by atoms with van der Waals surface area (Å²) in [7, 11) is 1.00. The van der Waals surface area contributed by atoms with Crippen LogP contribution in [-0.4, -0.2) is 23.3 Å².